The van der Waals surface area contributed by atoms with E-state index in [1.165, 1.54) is 0 Å². The number of hydrogen-bond acceptors (Lipinski definition) is 5. The predicted molar refractivity (Wildman–Crippen MR) is 51.9 cm³/mol. The van der Waals surface area contributed by atoms with E-state index in [9.17, 15) is 0 Å². The topological polar surface area (TPSA) is 101 Å². The van der Waals surface area contributed by atoms with Gasteiger partial charge in [0.15, 0.2) is 5.70 Å². The minimum Gasteiger partial charge on any atom is -0.393 e. The van der Waals surface area contributed by atoms with Gasteiger partial charge in [0.2, 0.25) is 0 Å². The molecule has 0 saturated carbocycles. The average molecular weight is 183 g/mol. The molecule has 0 rings (SSSR count). The van der Waals surface area contributed by atoms with Gasteiger partial charge < -0.3 is 11.5 Å². The molecule has 6 heteroatoms. The second-order valence-electron chi connectivity index (χ2n) is 1.72. The number of rotatable bonds is 3. The van der Waals surface area contributed by atoms with Gasteiger partial charge in [-0.25, -0.2) is 0 Å². The van der Waals surface area contributed by atoms with Gasteiger partial charge >= 0.3 is 0 Å². The van der Waals surface area contributed by atoms with Gasteiger partial charge in [0, 0.05) is 0 Å². The van der Waals surface area contributed by atoms with Crippen LogP contribution in [-0.2, 0) is 0 Å². The van der Waals surface area contributed by atoms with Crippen molar-refractivity contribution in [3.8, 4) is 6.07 Å². The van der Waals surface area contributed by atoms with Crippen LogP contribution in [-0.4, -0.2) is 18.4 Å². The van der Waals surface area contributed by atoms with E-state index in [2.05, 4.69) is 29.3 Å². The first-order valence-corrected chi connectivity index (χ1v) is 3.58. The largest absolute Gasteiger partial charge is 0.393 e. The van der Waals surface area contributed by atoms with E-state index in [1.807, 2.05) is 0 Å². The smallest absolute Gasteiger partial charge is 0.166 e. The Morgan fingerprint density at radius 3 is 2.50 bits per heavy atom. The molecule has 0 bridgehead atoms. The lowest BCUT2D eigenvalue weighted by Gasteiger charge is -1.99. The average Bonchev–Trinajstić information content (AvgIpc) is 2.07. The van der Waals surface area contributed by atoms with Gasteiger partial charge in [0.1, 0.15) is 17.6 Å². The Morgan fingerprint density at radius 1 is 1.58 bits per heavy atom. The molecule has 5 nitrogen and oxygen atoms in total. The predicted octanol–water partition coefficient (Wildman–Crippen LogP) is -0.375. The number of thiol groups is 1. The minimum atomic E-state index is -0.0296. The van der Waals surface area contributed by atoms with Gasteiger partial charge in [-0.05, 0) is 6.72 Å². The van der Waals surface area contributed by atoms with E-state index < -0.39 is 0 Å². The van der Waals surface area contributed by atoms with Crippen molar-refractivity contribution in [3.05, 3.63) is 11.4 Å². The maximum atomic E-state index is 8.46. The molecule has 0 aliphatic heterocycles. The van der Waals surface area contributed by atoms with Gasteiger partial charge in [-0.15, -0.1) is 0 Å². The third-order valence-electron chi connectivity index (χ3n) is 1.04. The zero-order valence-electron chi connectivity index (χ0n) is 6.36. The lowest BCUT2D eigenvalue weighted by molar-refractivity contribution is 1.25. The summed E-state index contributed by atoms with van der Waals surface area (Å²) >= 11 is 3.81. The molecule has 0 unspecified atom stereocenters. The van der Waals surface area contributed by atoms with Crippen LogP contribution < -0.4 is 11.5 Å². The zero-order valence-corrected chi connectivity index (χ0v) is 7.25. The Kier molecular flexibility index (Phi) is 4.57. The van der Waals surface area contributed by atoms with Crippen LogP contribution in [0.25, 0.3) is 0 Å². The summed E-state index contributed by atoms with van der Waals surface area (Å²) in [7, 11) is 0. The number of aliphatic imine (C=N–C) groups is 2. The molecule has 0 spiro atoms. The lowest BCUT2D eigenvalue weighted by Crippen LogP contribution is -2.22. The van der Waals surface area contributed by atoms with Gasteiger partial charge in [0.05, 0.1) is 5.88 Å². The van der Waals surface area contributed by atoms with E-state index in [0.29, 0.717) is 0 Å². The van der Waals surface area contributed by atoms with Gasteiger partial charge in [-0.3, -0.25) is 9.98 Å². The van der Waals surface area contributed by atoms with E-state index >= 15 is 0 Å². The summed E-state index contributed by atoms with van der Waals surface area (Å²) in [6.45, 7) is 3.16. The highest BCUT2D eigenvalue weighted by Gasteiger charge is 2.03. The fourth-order valence-corrected chi connectivity index (χ4v) is 0.616. The number of nitrogens with zero attached hydrogens (tertiary/aromatic N) is 3. The Balaban J connectivity index is 4.90. The third-order valence-corrected chi connectivity index (χ3v) is 1.18. The van der Waals surface area contributed by atoms with Gasteiger partial charge in [-0.2, -0.15) is 17.9 Å². The van der Waals surface area contributed by atoms with Crippen molar-refractivity contribution in [2.24, 2.45) is 21.5 Å². The number of hydrogen-bond donors (Lipinski definition) is 3. The third kappa shape index (κ3) is 2.64. The maximum Gasteiger partial charge on any atom is 0.166 e. The molecule has 12 heavy (non-hydrogen) atoms. The molecule has 4 N–H and O–H groups in total. The Bertz CT molecular complexity index is 272. The standard InChI is InChI=1S/C6H9N5S/c1-10-4(2-7)5(8)6(9)11-3-12/h12H,1,3,8H2,(H2,9,11)/b5-4+. The number of allylic oxidation sites excluding steroid dienone is 1. The molecular formula is C6H9N5S. The lowest BCUT2D eigenvalue weighted by atomic mass is 10.3. The highest BCUT2D eigenvalue weighted by molar-refractivity contribution is 7.80. The molecule has 0 atom stereocenters. The van der Waals surface area contributed by atoms with Crippen molar-refractivity contribution in [1.29, 1.82) is 5.26 Å². The van der Waals surface area contributed by atoms with Crippen LogP contribution in [0, 0.1) is 11.3 Å². The molecule has 0 aliphatic rings. The molecule has 0 amide bonds. The monoisotopic (exact) mass is 183 g/mol. The first kappa shape index (κ1) is 10.5. The molecule has 0 fully saturated rings. The highest BCUT2D eigenvalue weighted by Crippen LogP contribution is 1.98. The summed E-state index contributed by atoms with van der Waals surface area (Å²) in [5.74, 6) is 0.261. The van der Waals surface area contributed by atoms with Crippen LogP contribution in [0.4, 0.5) is 0 Å². The minimum absolute atomic E-state index is 0.0292. The van der Waals surface area contributed by atoms with Crippen molar-refractivity contribution in [1.82, 2.24) is 0 Å². The number of nitrogens with two attached hydrogens (primary N) is 2. The van der Waals surface area contributed by atoms with Gasteiger partial charge in [0.25, 0.3) is 0 Å². The fourth-order valence-electron chi connectivity index (χ4n) is 0.463. The summed E-state index contributed by atoms with van der Waals surface area (Å²) in [6, 6.07) is 1.73. The first-order valence-electron chi connectivity index (χ1n) is 2.95. The van der Waals surface area contributed by atoms with Crippen LogP contribution in [0.1, 0.15) is 0 Å². The fraction of sp³-hybridized carbons (Fsp3) is 0.167. The molecule has 0 aromatic heterocycles. The second kappa shape index (κ2) is 5.21. The summed E-state index contributed by atoms with van der Waals surface area (Å²) in [5.41, 5.74) is 10.8. The van der Waals surface area contributed by atoms with E-state index in [1.54, 1.807) is 6.07 Å². The van der Waals surface area contributed by atoms with Crippen molar-refractivity contribution in [3.63, 3.8) is 0 Å². The normalized spacial score (nSPS) is 13.2. The highest BCUT2D eigenvalue weighted by atomic mass is 32.1. The summed E-state index contributed by atoms with van der Waals surface area (Å²) in [5, 5.41) is 8.46. The van der Waals surface area contributed by atoms with Crippen molar-refractivity contribution in [2.75, 3.05) is 5.88 Å². The van der Waals surface area contributed by atoms with E-state index in [0.717, 1.165) is 0 Å². The molecule has 0 aromatic carbocycles. The quantitative estimate of drug-likeness (QED) is 0.241. The zero-order chi connectivity index (χ0) is 9.56. The van der Waals surface area contributed by atoms with Crippen LogP contribution in [0.5, 0.6) is 0 Å². The summed E-state index contributed by atoms with van der Waals surface area (Å²) < 4.78 is 0. The molecule has 0 saturated heterocycles. The molecule has 0 aromatic rings. The Labute approximate surface area is 75.9 Å². The van der Waals surface area contributed by atoms with E-state index in [-0.39, 0.29) is 23.1 Å². The Morgan fingerprint density at radius 2 is 2.17 bits per heavy atom. The van der Waals surface area contributed by atoms with Crippen LogP contribution in [0.2, 0.25) is 0 Å². The van der Waals surface area contributed by atoms with Crippen LogP contribution in [0.3, 0.4) is 0 Å². The molecule has 0 aliphatic carbocycles. The van der Waals surface area contributed by atoms with Crippen LogP contribution >= 0.6 is 12.6 Å². The SMILES string of the molecule is C=N/C(C#N)=C(N)\C(N)=N/CS. The maximum absolute atomic E-state index is 8.46. The van der Waals surface area contributed by atoms with Crippen molar-refractivity contribution < 1.29 is 0 Å². The Hall–Kier alpha value is -1.48. The first-order chi connectivity index (χ1) is 5.67. The second-order valence-corrected chi connectivity index (χ2v) is 2.00. The van der Waals surface area contributed by atoms with Crippen molar-refractivity contribution >= 4 is 25.2 Å². The molecule has 0 radical (unpaired) electrons. The molecule has 0 heterocycles. The molecule has 64 valence electrons. The molecular weight excluding hydrogens is 174 g/mol. The van der Waals surface area contributed by atoms with Gasteiger partial charge in [-0.1, -0.05) is 0 Å². The van der Waals surface area contributed by atoms with E-state index in [4.69, 9.17) is 16.7 Å². The number of nitriles is 1. The summed E-state index contributed by atoms with van der Waals surface area (Å²) in [4.78, 5) is 7.05. The van der Waals surface area contributed by atoms with Crippen molar-refractivity contribution in [2.45, 2.75) is 0 Å². The number of amidine groups is 1. The van der Waals surface area contributed by atoms with Crippen LogP contribution in [0.15, 0.2) is 21.4 Å². The summed E-state index contributed by atoms with van der Waals surface area (Å²) in [6.07, 6.45) is 0.